The van der Waals surface area contributed by atoms with Crippen molar-refractivity contribution in [1.29, 1.82) is 0 Å². The number of hydrazone groups is 1. The second-order valence-corrected chi connectivity index (χ2v) is 7.54. The minimum Gasteiger partial charge on any atom is -0.491 e. The Morgan fingerprint density at radius 3 is 2.77 bits per heavy atom. The van der Waals surface area contributed by atoms with E-state index in [9.17, 15) is 24.8 Å². The van der Waals surface area contributed by atoms with Crippen molar-refractivity contribution in [3.8, 4) is 5.75 Å². The van der Waals surface area contributed by atoms with Crippen LogP contribution in [0.5, 0.6) is 5.75 Å². The van der Waals surface area contributed by atoms with Crippen LogP contribution in [0.2, 0.25) is 0 Å². The number of non-ortho nitro benzene ring substituents is 1. The van der Waals surface area contributed by atoms with E-state index < -0.39 is 22.3 Å². The molecule has 0 unspecified atom stereocenters. The van der Waals surface area contributed by atoms with Crippen LogP contribution in [0, 0.1) is 10.1 Å². The Labute approximate surface area is 197 Å². The lowest BCUT2D eigenvalue weighted by Gasteiger charge is -2.15. The van der Waals surface area contributed by atoms with Crippen LogP contribution in [0.15, 0.2) is 69.3 Å². The molecule has 180 valence electrons. The van der Waals surface area contributed by atoms with Crippen molar-refractivity contribution in [2.24, 2.45) is 12.1 Å². The maximum absolute atomic E-state index is 12.6. The molecule has 0 spiro atoms. The Kier molecular flexibility index (Phi) is 6.69. The molecule has 4 aromatic rings. The highest BCUT2D eigenvalue weighted by atomic mass is 16.6. The van der Waals surface area contributed by atoms with E-state index in [1.807, 2.05) is 6.07 Å². The first-order valence-corrected chi connectivity index (χ1v) is 10.4. The van der Waals surface area contributed by atoms with E-state index in [-0.39, 0.29) is 36.0 Å². The molecule has 4 rings (SSSR count). The molecule has 35 heavy (non-hydrogen) atoms. The molecular weight excluding hydrogens is 458 g/mol. The molecule has 3 N–H and O–H groups in total. The lowest BCUT2D eigenvalue weighted by molar-refractivity contribution is -0.384. The SMILES string of the molecule is Cn1c(=O)[nH]c(=O)c2c1nc(N/N=C\c1cccc([N+](=O)[O-])c1)n2C[C@H](O)COc1ccccc1. The van der Waals surface area contributed by atoms with Crippen LogP contribution in [0.3, 0.4) is 0 Å². The average molecular weight is 479 g/mol. The van der Waals surface area contributed by atoms with E-state index in [2.05, 4.69) is 20.5 Å². The fourth-order valence-corrected chi connectivity index (χ4v) is 3.35. The summed E-state index contributed by atoms with van der Waals surface area (Å²) in [4.78, 5) is 41.6. The number of aliphatic hydroxyl groups excluding tert-OH is 1. The van der Waals surface area contributed by atoms with Crippen LogP contribution < -0.4 is 21.4 Å². The molecule has 0 radical (unpaired) electrons. The summed E-state index contributed by atoms with van der Waals surface area (Å²) >= 11 is 0. The van der Waals surface area contributed by atoms with Gasteiger partial charge in [-0.15, -0.1) is 0 Å². The molecule has 2 heterocycles. The standard InChI is InChI=1S/C22H21N7O6/c1-27-19-18(20(31)25-22(27)32)28(12-16(30)13-35-17-8-3-2-4-9-17)21(24-19)26-23-11-14-6-5-7-15(10-14)29(33)34/h2-11,16,30H,12-13H2,1H3,(H,24,26)(H,25,31,32)/b23-11-/t16-/m0/s1. The topological polar surface area (TPSA) is 170 Å². The first-order chi connectivity index (χ1) is 16.8. The summed E-state index contributed by atoms with van der Waals surface area (Å²) < 4.78 is 8.13. The summed E-state index contributed by atoms with van der Waals surface area (Å²) in [6.45, 7) is -0.164. The molecule has 0 bridgehead atoms. The molecule has 0 fully saturated rings. The molecule has 2 aromatic carbocycles. The number of nitro groups is 1. The van der Waals surface area contributed by atoms with Crippen LogP contribution in [0.4, 0.5) is 11.6 Å². The van der Waals surface area contributed by atoms with Gasteiger partial charge in [0.1, 0.15) is 18.5 Å². The predicted octanol–water partition coefficient (Wildman–Crippen LogP) is 1.22. The summed E-state index contributed by atoms with van der Waals surface area (Å²) in [6.07, 6.45) is 0.306. The van der Waals surface area contributed by atoms with Gasteiger partial charge in [0.15, 0.2) is 11.2 Å². The van der Waals surface area contributed by atoms with Gasteiger partial charge in [-0.25, -0.2) is 10.2 Å². The van der Waals surface area contributed by atoms with Crippen molar-refractivity contribution in [2.45, 2.75) is 12.6 Å². The third-order valence-corrected chi connectivity index (χ3v) is 5.05. The van der Waals surface area contributed by atoms with E-state index in [4.69, 9.17) is 4.74 Å². The van der Waals surface area contributed by atoms with E-state index in [0.717, 1.165) is 4.57 Å². The number of anilines is 1. The minimum atomic E-state index is -1.04. The molecule has 0 saturated heterocycles. The van der Waals surface area contributed by atoms with Crippen LogP contribution >= 0.6 is 0 Å². The van der Waals surface area contributed by atoms with Crippen molar-refractivity contribution >= 4 is 29.0 Å². The third-order valence-electron chi connectivity index (χ3n) is 5.05. The zero-order valence-corrected chi connectivity index (χ0v) is 18.5. The summed E-state index contributed by atoms with van der Waals surface area (Å²) in [5.74, 6) is 0.648. The molecule has 0 aliphatic heterocycles. The molecule has 0 saturated carbocycles. The number of hydrogen-bond donors (Lipinski definition) is 3. The number of nitro benzene ring substituents is 1. The van der Waals surface area contributed by atoms with Gasteiger partial charge in [-0.1, -0.05) is 30.3 Å². The lowest BCUT2D eigenvalue weighted by Crippen LogP contribution is -2.30. The number of para-hydroxylation sites is 1. The van der Waals surface area contributed by atoms with Crippen molar-refractivity contribution in [3.63, 3.8) is 0 Å². The summed E-state index contributed by atoms with van der Waals surface area (Å²) in [7, 11) is 1.45. The summed E-state index contributed by atoms with van der Waals surface area (Å²) in [5, 5.41) is 25.6. The van der Waals surface area contributed by atoms with Crippen molar-refractivity contribution in [1.82, 2.24) is 19.1 Å². The number of aromatic amines is 1. The maximum atomic E-state index is 12.6. The highest BCUT2D eigenvalue weighted by molar-refractivity contribution is 5.81. The molecular formula is C22H21N7O6. The second kappa shape index (κ2) is 10.0. The maximum Gasteiger partial charge on any atom is 0.329 e. The normalized spacial score (nSPS) is 12.2. The van der Waals surface area contributed by atoms with Gasteiger partial charge in [-0.3, -0.25) is 24.5 Å². The Morgan fingerprint density at radius 1 is 1.26 bits per heavy atom. The van der Waals surface area contributed by atoms with Crippen molar-refractivity contribution in [2.75, 3.05) is 12.0 Å². The lowest BCUT2D eigenvalue weighted by atomic mass is 10.2. The monoisotopic (exact) mass is 479 g/mol. The number of hydrogen-bond acceptors (Lipinski definition) is 9. The van der Waals surface area contributed by atoms with Gasteiger partial charge in [0, 0.05) is 24.7 Å². The Morgan fingerprint density at radius 2 is 2.03 bits per heavy atom. The van der Waals surface area contributed by atoms with Gasteiger partial charge in [0.25, 0.3) is 11.2 Å². The molecule has 13 nitrogen and oxygen atoms in total. The highest BCUT2D eigenvalue weighted by Gasteiger charge is 2.20. The largest absolute Gasteiger partial charge is 0.491 e. The number of benzene rings is 2. The number of aryl methyl sites for hydroxylation is 1. The van der Waals surface area contributed by atoms with Crippen molar-refractivity contribution in [3.05, 3.63) is 91.1 Å². The molecule has 0 amide bonds. The smallest absolute Gasteiger partial charge is 0.329 e. The number of fused-ring (bicyclic) bond motifs is 1. The second-order valence-electron chi connectivity index (χ2n) is 7.54. The molecule has 13 heteroatoms. The summed E-state index contributed by atoms with van der Waals surface area (Å²) in [6, 6.07) is 14.8. The zero-order chi connectivity index (χ0) is 24.9. The van der Waals surface area contributed by atoms with Gasteiger partial charge < -0.3 is 14.4 Å². The van der Waals surface area contributed by atoms with Gasteiger partial charge in [-0.05, 0) is 12.1 Å². The number of aromatic nitrogens is 4. The van der Waals surface area contributed by atoms with E-state index in [1.165, 1.54) is 36.0 Å². The van der Waals surface area contributed by atoms with E-state index >= 15 is 0 Å². The van der Waals surface area contributed by atoms with Gasteiger partial charge in [0.05, 0.1) is 17.7 Å². The van der Waals surface area contributed by atoms with E-state index in [0.29, 0.717) is 11.3 Å². The van der Waals surface area contributed by atoms with Gasteiger partial charge in [0.2, 0.25) is 5.95 Å². The minimum absolute atomic E-state index is 0.0545. The molecule has 1 atom stereocenters. The van der Waals surface area contributed by atoms with Gasteiger partial charge >= 0.3 is 5.69 Å². The predicted molar refractivity (Wildman–Crippen MR) is 128 cm³/mol. The van der Waals surface area contributed by atoms with Gasteiger partial charge in [-0.2, -0.15) is 10.1 Å². The van der Waals surface area contributed by atoms with E-state index in [1.54, 1.807) is 30.3 Å². The number of ether oxygens (including phenoxy) is 1. The first-order valence-electron chi connectivity index (χ1n) is 10.4. The molecule has 0 aliphatic rings. The fraction of sp³-hybridized carbons (Fsp3) is 0.182. The zero-order valence-electron chi connectivity index (χ0n) is 18.5. The van der Waals surface area contributed by atoms with Crippen LogP contribution in [-0.4, -0.2) is 48.1 Å². The Bertz CT molecular complexity index is 1510. The number of nitrogens with one attached hydrogen (secondary N) is 2. The first kappa shape index (κ1) is 23.4. The number of H-pyrrole nitrogens is 1. The number of imidazole rings is 1. The quantitative estimate of drug-likeness (QED) is 0.183. The number of nitrogens with zero attached hydrogens (tertiary/aromatic N) is 5. The van der Waals surface area contributed by atoms with Crippen LogP contribution in [0.1, 0.15) is 5.56 Å². The summed E-state index contributed by atoms with van der Waals surface area (Å²) in [5.41, 5.74) is 1.86. The molecule has 2 aromatic heterocycles. The van der Waals surface area contributed by atoms with Crippen LogP contribution in [0.25, 0.3) is 11.2 Å². The number of rotatable bonds is 9. The number of aliphatic hydroxyl groups is 1. The fourth-order valence-electron chi connectivity index (χ4n) is 3.35. The Balaban J connectivity index is 1.62. The average Bonchev–Trinajstić information content (AvgIpc) is 3.20. The van der Waals surface area contributed by atoms with Crippen LogP contribution in [-0.2, 0) is 13.6 Å². The molecule has 0 aliphatic carbocycles. The Hall–Kier alpha value is -4.78. The van der Waals surface area contributed by atoms with Crippen molar-refractivity contribution < 1.29 is 14.8 Å². The third kappa shape index (κ3) is 5.25. The highest BCUT2D eigenvalue weighted by Crippen LogP contribution is 2.17.